The molecule has 5 N–H and O–H groups in total. The number of hydrogen-bond acceptors (Lipinski definition) is 7. The van der Waals surface area contributed by atoms with Gasteiger partial charge in [-0.05, 0) is 53.9 Å². The zero-order valence-electron chi connectivity index (χ0n) is 24.3. The number of carboxylic acid groups (broad SMARTS) is 1. The Morgan fingerprint density at radius 2 is 1.56 bits per heavy atom. The second kappa shape index (κ2) is 16.5. The van der Waals surface area contributed by atoms with E-state index in [1.165, 1.54) is 14.2 Å². The lowest BCUT2D eigenvalue weighted by Gasteiger charge is -2.18. The highest BCUT2D eigenvalue weighted by molar-refractivity contribution is 6.01. The molecule has 3 aromatic carbocycles. The molecule has 228 valence electrons. The number of benzene rings is 3. The number of hydrogen-bond donors (Lipinski definition) is 5. The zero-order chi connectivity index (χ0) is 31.2. The smallest absolute Gasteiger partial charge is 0.323 e. The molecule has 3 rings (SSSR count). The van der Waals surface area contributed by atoms with Crippen molar-refractivity contribution in [1.29, 1.82) is 0 Å². The number of para-hydroxylation sites is 1. The summed E-state index contributed by atoms with van der Waals surface area (Å²) in [5.41, 5.74) is 3.77. The van der Waals surface area contributed by atoms with E-state index in [1.807, 2.05) is 25.1 Å². The molecule has 1 unspecified atom stereocenters. The van der Waals surface area contributed by atoms with Gasteiger partial charge in [-0.25, -0.2) is 4.79 Å². The van der Waals surface area contributed by atoms with Crippen LogP contribution in [-0.2, 0) is 30.3 Å². The number of urea groups is 1. The molecular formula is C31H36N4O8. The van der Waals surface area contributed by atoms with Crippen LogP contribution >= 0.6 is 0 Å². The van der Waals surface area contributed by atoms with E-state index >= 15 is 0 Å². The molecule has 0 aromatic heterocycles. The lowest BCUT2D eigenvalue weighted by Crippen LogP contribution is -2.33. The van der Waals surface area contributed by atoms with E-state index in [4.69, 9.17) is 14.2 Å². The number of amides is 4. The molecule has 0 radical (unpaired) electrons. The first-order valence-electron chi connectivity index (χ1n) is 13.5. The molecular weight excluding hydrogens is 556 g/mol. The van der Waals surface area contributed by atoms with Crippen LogP contribution in [-0.4, -0.2) is 63.0 Å². The largest absolute Gasteiger partial charge is 0.495 e. The third kappa shape index (κ3) is 10.8. The molecule has 3 aromatic rings. The molecule has 4 amide bonds. The molecule has 0 spiro atoms. The Hall–Kier alpha value is -4.94. The van der Waals surface area contributed by atoms with Crippen LogP contribution in [0.4, 0.5) is 21.9 Å². The number of carbonyl (C=O) groups excluding carboxylic acids is 3. The van der Waals surface area contributed by atoms with Crippen molar-refractivity contribution in [3.05, 3.63) is 83.4 Å². The molecule has 43 heavy (non-hydrogen) atoms. The summed E-state index contributed by atoms with van der Waals surface area (Å²) < 4.78 is 15.5. The summed E-state index contributed by atoms with van der Waals surface area (Å²) in [5.74, 6) is -1.43. The number of anilines is 3. The summed E-state index contributed by atoms with van der Waals surface area (Å²) in [7, 11) is 2.99. The van der Waals surface area contributed by atoms with Crippen LogP contribution in [0.25, 0.3) is 0 Å². The first-order chi connectivity index (χ1) is 20.7. The highest BCUT2D eigenvalue weighted by atomic mass is 16.5. The van der Waals surface area contributed by atoms with Gasteiger partial charge in [0.25, 0.3) is 0 Å². The molecule has 0 saturated heterocycles. The highest BCUT2D eigenvalue weighted by Gasteiger charge is 2.19. The number of rotatable bonds is 15. The topological polar surface area (TPSA) is 164 Å². The Kier molecular flexibility index (Phi) is 12.5. The van der Waals surface area contributed by atoms with Gasteiger partial charge in [0.15, 0.2) is 0 Å². The van der Waals surface area contributed by atoms with Crippen LogP contribution in [0.2, 0.25) is 0 Å². The summed E-state index contributed by atoms with van der Waals surface area (Å²) in [5, 5.41) is 20.3. The van der Waals surface area contributed by atoms with Gasteiger partial charge in [-0.15, -0.1) is 0 Å². The Morgan fingerprint density at radius 3 is 2.23 bits per heavy atom. The molecule has 0 bridgehead atoms. The van der Waals surface area contributed by atoms with Gasteiger partial charge in [0.2, 0.25) is 11.8 Å². The number of aliphatic carboxylic acids is 1. The Balaban J connectivity index is 1.57. The molecule has 0 heterocycles. The van der Waals surface area contributed by atoms with Gasteiger partial charge in [0, 0.05) is 18.5 Å². The van der Waals surface area contributed by atoms with Crippen molar-refractivity contribution in [2.45, 2.75) is 25.8 Å². The third-order valence-corrected chi connectivity index (χ3v) is 6.25. The summed E-state index contributed by atoms with van der Waals surface area (Å²) in [6, 6.07) is 17.8. The predicted molar refractivity (Wildman–Crippen MR) is 161 cm³/mol. The Labute approximate surface area is 249 Å². The van der Waals surface area contributed by atoms with Gasteiger partial charge < -0.3 is 40.6 Å². The Morgan fingerprint density at radius 1 is 0.837 bits per heavy atom. The van der Waals surface area contributed by atoms with Crippen LogP contribution < -0.4 is 26.0 Å². The van der Waals surface area contributed by atoms with Crippen LogP contribution in [0.15, 0.2) is 66.7 Å². The number of methoxy groups -OCH3 is 2. The molecule has 12 heteroatoms. The fourth-order valence-corrected chi connectivity index (χ4v) is 4.10. The highest BCUT2D eigenvalue weighted by Crippen LogP contribution is 2.27. The third-order valence-electron chi connectivity index (χ3n) is 6.25. The molecule has 0 aliphatic rings. The van der Waals surface area contributed by atoms with Crippen molar-refractivity contribution in [2.24, 2.45) is 0 Å². The molecule has 0 aliphatic heterocycles. The minimum atomic E-state index is -1.08. The maximum absolute atomic E-state index is 12.7. The van der Waals surface area contributed by atoms with E-state index in [-0.39, 0.29) is 32.0 Å². The molecule has 12 nitrogen and oxygen atoms in total. The summed E-state index contributed by atoms with van der Waals surface area (Å²) in [6.45, 7) is 2.24. The van der Waals surface area contributed by atoms with E-state index in [0.29, 0.717) is 40.5 Å². The standard InChI is InChI=1S/C31H36N4O8/c1-20-6-4-5-7-24(20)34-31(40)35-25-13-8-21(16-27(25)42-3)17-28(36)32-23-11-9-22(10-12-23)26(18-30(38)39)33-29(37)19-43-15-14-41-2/h4-13,16,26H,14-15,17-19H2,1-3H3,(H,32,36)(H,33,37)(H,38,39)(H2,34,35,40). The minimum absolute atomic E-state index is 0.0363. The monoisotopic (exact) mass is 592 g/mol. The number of nitrogens with one attached hydrogen (secondary N) is 4. The number of carbonyl (C=O) groups is 4. The SMILES string of the molecule is COCCOCC(=O)NC(CC(=O)O)c1ccc(NC(=O)Cc2ccc(NC(=O)Nc3ccccc3C)c(OC)c2)cc1. The fraction of sp³-hybridized carbons (Fsp3) is 0.290. The van der Waals surface area contributed by atoms with Gasteiger partial charge in [0.1, 0.15) is 12.4 Å². The number of ether oxygens (including phenoxy) is 3. The van der Waals surface area contributed by atoms with Gasteiger partial charge in [0.05, 0.1) is 44.9 Å². The van der Waals surface area contributed by atoms with E-state index in [0.717, 1.165) is 5.56 Å². The minimum Gasteiger partial charge on any atom is -0.495 e. The summed E-state index contributed by atoms with van der Waals surface area (Å²) in [4.78, 5) is 48.8. The normalized spacial score (nSPS) is 11.2. The number of aryl methyl sites for hydroxylation is 1. The van der Waals surface area contributed by atoms with Crippen LogP contribution in [0.5, 0.6) is 5.75 Å². The summed E-state index contributed by atoms with van der Waals surface area (Å²) >= 11 is 0. The van der Waals surface area contributed by atoms with E-state index < -0.39 is 23.9 Å². The van der Waals surface area contributed by atoms with E-state index in [2.05, 4.69) is 21.3 Å². The first-order valence-corrected chi connectivity index (χ1v) is 13.5. The average molecular weight is 593 g/mol. The first kappa shape index (κ1) is 32.6. The summed E-state index contributed by atoms with van der Waals surface area (Å²) in [6.07, 6.45) is -0.287. The predicted octanol–water partition coefficient (Wildman–Crippen LogP) is 4.12. The lowest BCUT2D eigenvalue weighted by molar-refractivity contribution is -0.138. The molecule has 1 atom stereocenters. The van der Waals surface area contributed by atoms with Crippen LogP contribution in [0, 0.1) is 6.92 Å². The van der Waals surface area contributed by atoms with Crippen molar-refractivity contribution in [3.8, 4) is 5.75 Å². The van der Waals surface area contributed by atoms with Gasteiger partial charge in [-0.1, -0.05) is 36.4 Å². The van der Waals surface area contributed by atoms with Crippen molar-refractivity contribution in [2.75, 3.05) is 50.0 Å². The second-order valence-electron chi connectivity index (χ2n) is 9.54. The maximum atomic E-state index is 12.7. The molecule has 0 aliphatic carbocycles. The zero-order valence-corrected chi connectivity index (χ0v) is 24.3. The lowest BCUT2D eigenvalue weighted by atomic mass is 10.0. The Bertz CT molecular complexity index is 1410. The van der Waals surface area contributed by atoms with Gasteiger partial charge in [-0.3, -0.25) is 14.4 Å². The second-order valence-corrected chi connectivity index (χ2v) is 9.54. The molecule has 0 saturated carbocycles. The maximum Gasteiger partial charge on any atom is 0.323 e. The van der Waals surface area contributed by atoms with Crippen LogP contribution in [0.3, 0.4) is 0 Å². The van der Waals surface area contributed by atoms with Gasteiger partial charge >= 0.3 is 12.0 Å². The van der Waals surface area contributed by atoms with Crippen molar-refractivity contribution < 1.29 is 38.5 Å². The fourth-order valence-electron chi connectivity index (χ4n) is 4.10. The van der Waals surface area contributed by atoms with Crippen molar-refractivity contribution >= 4 is 40.9 Å². The quantitative estimate of drug-likeness (QED) is 0.165. The van der Waals surface area contributed by atoms with E-state index in [9.17, 15) is 24.3 Å². The number of carboxylic acids is 1. The van der Waals surface area contributed by atoms with E-state index in [1.54, 1.807) is 48.5 Å². The van der Waals surface area contributed by atoms with Crippen molar-refractivity contribution in [3.63, 3.8) is 0 Å². The molecule has 0 fully saturated rings. The van der Waals surface area contributed by atoms with Crippen LogP contribution in [0.1, 0.15) is 29.2 Å². The van der Waals surface area contributed by atoms with Gasteiger partial charge in [-0.2, -0.15) is 0 Å². The van der Waals surface area contributed by atoms with Crippen molar-refractivity contribution in [1.82, 2.24) is 5.32 Å². The average Bonchev–Trinajstić information content (AvgIpc) is 2.97.